The first-order chi connectivity index (χ1) is 27.3. The lowest BCUT2D eigenvalue weighted by molar-refractivity contribution is -0.213. The maximum absolute atomic E-state index is 12.9. The summed E-state index contributed by atoms with van der Waals surface area (Å²) >= 11 is 0. The molecular formula is C36H71O19P3S. The Kier molecular flexibility index (Phi) is 29.0. The summed E-state index contributed by atoms with van der Waals surface area (Å²) in [5.74, 6) is 17.9. The molecule has 23 heteroatoms. The molecule has 0 spiro atoms. The molecule has 1 aliphatic rings. The number of hydrogen-bond donors (Lipinski definition) is 8. The van der Waals surface area contributed by atoms with Crippen LogP contribution in [0.2, 0.25) is 0 Å². The van der Waals surface area contributed by atoms with Crippen molar-refractivity contribution in [1.29, 1.82) is 0 Å². The van der Waals surface area contributed by atoms with Gasteiger partial charge in [-0.25, -0.2) is 18.5 Å². The Morgan fingerprint density at radius 2 is 1.07 bits per heavy atom. The van der Waals surface area contributed by atoms with Crippen molar-refractivity contribution < 1.29 is 103 Å². The number of aliphatic hydroxyl groups excluding tert-OH is 3. The zero-order valence-electron chi connectivity index (χ0n) is 32.3. The minimum atomic E-state index is -5.62. The number of carbonyl (C=O) groups excluding carboxylic acids is 2. The molecule has 0 aromatic carbocycles. The van der Waals surface area contributed by atoms with Crippen molar-refractivity contribution >= 4 is 48.9 Å². The third-order valence-electron chi connectivity index (χ3n) is 8.01. The SMILES string of the molecule is C#CC#CC#CC#CC#CC(=O)OC[C@H](COP(=O)(O)OC1C(O)[C@H](O)[C@H](OP(=O)(O)O)C(OP(=O)(O)O)[C@@H]1O)OC(=O)CCCCCCCCCCCCCCC.S.[HH].[HH].[HH].[HH].[HH].[HH].[HH].[HH].[HH]. The Morgan fingerprint density at radius 3 is 1.56 bits per heavy atom. The molecule has 0 radical (unpaired) electrons. The van der Waals surface area contributed by atoms with Crippen molar-refractivity contribution in [3.8, 4) is 59.7 Å². The molecule has 1 fully saturated rings. The van der Waals surface area contributed by atoms with Crippen molar-refractivity contribution in [2.75, 3.05) is 13.2 Å². The summed E-state index contributed by atoms with van der Waals surface area (Å²) in [6, 6.07) is 0. The van der Waals surface area contributed by atoms with E-state index in [0.717, 1.165) is 25.7 Å². The fourth-order valence-electron chi connectivity index (χ4n) is 5.34. The van der Waals surface area contributed by atoms with E-state index in [0.29, 0.717) is 12.8 Å². The van der Waals surface area contributed by atoms with Crippen LogP contribution in [0.4, 0.5) is 0 Å². The molecule has 0 bridgehead atoms. The Bertz CT molecular complexity index is 1780. The molecular weight excluding hydrogens is 861 g/mol. The van der Waals surface area contributed by atoms with Crippen LogP contribution in [-0.2, 0) is 50.9 Å². The van der Waals surface area contributed by atoms with Crippen molar-refractivity contribution in [3.05, 3.63) is 0 Å². The average molecular weight is 933 g/mol. The highest BCUT2D eigenvalue weighted by atomic mass is 32.1. The number of ether oxygens (including phenoxy) is 2. The average Bonchev–Trinajstić information content (AvgIpc) is 3.14. The van der Waals surface area contributed by atoms with Gasteiger partial charge in [0.05, 0.1) is 6.61 Å². The van der Waals surface area contributed by atoms with Gasteiger partial charge in [0, 0.05) is 25.2 Å². The van der Waals surface area contributed by atoms with E-state index in [-0.39, 0.29) is 32.8 Å². The van der Waals surface area contributed by atoms with E-state index in [2.05, 4.69) is 57.4 Å². The summed E-state index contributed by atoms with van der Waals surface area (Å²) in [5.41, 5.74) is 0. The maximum Gasteiger partial charge on any atom is 0.472 e. The number of carbonyl (C=O) groups is 2. The zero-order chi connectivity index (χ0) is 43.6. The summed E-state index contributed by atoms with van der Waals surface area (Å²) in [7, 11) is -16.7. The quantitative estimate of drug-likeness (QED) is 0.0195. The molecule has 1 saturated carbocycles. The van der Waals surface area contributed by atoms with E-state index >= 15 is 0 Å². The van der Waals surface area contributed by atoms with Crippen LogP contribution in [0.1, 0.15) is 110 Å². The Balaban J connectivity index is -0.000000420. The van der Waals surface area contributed by atoms with Crippen molar-refractivity contribution in [3.63, 3.8) is 0 Å². The van der Waals surface area contributed by atoms with Gasteiger partial charge < -0.3 is 49.3 Å². The summed E-state index contributed by atoms with van der Waals surface area (Å²) in [4.78, 5) is 72.1. The van der Waals surface area contributed by atoms with Gasteiger partial charge in [0.2, 0.25) is 0 Å². The lowest BCUT2D eigenvalue weighted by Crippen LogP contribution is -2.65. The van der Waals surface area contributed by atoms with Crippen LogP contribution in [-0.4, -0.2) is 108 Å². The molecule has 0 aromatic rings. The monoisotopic (exact) mass is 932 g/mol. The molecule has 19 nitrogen and oxygen atoms in total. The number of esters is 2. The van der Waals surface area contributed by atoms with Gasteiger partial charge in [-0.3, -0.25) is 22.9 Å². The number of unbranched alkanes of at least 4 members (excludes halogenated alkanes) is 12. The first kappa shape index (κ1) is 56.3. The van der Waals surface area contributed by atoms with Gasteiger partial charge in [0.1, 0.15) is 43.2 Å². The van der Waals surface area contributed by atoms with E-state index in [1.807, 2.05) is 11.8 Å². The van der Waals surface area contributed by atoms with E-state index in [1.165, 1.54) is 44.9 Å². The molecule has 0 saturated heterocycles. The highest BCUT2D eigenvalue weighted by molar-refractivity contribution is 7.59. The molecule has 350 valence electrons. The molecule has 0 aliphatic heterocycles. The molecule has 8 N–H and O–H groups in total. The standard InChI is InChI=1S/C36H51O19P3.H2S.9H2/c1-3-5-7-9-11-13-14-15-16-17-19-21-23-25-30(38)52-28(26-50-29(37)24-22-20-18-12-10-8-6-4-2)27-51-58(48,49)55-34-31(39)32(40)35(53-56(42,43)44)36(33(34)41)54-57(45,46)47;;;;;;;;;;/h2,28,31-36,39-41H,3,5,7,9,11,13-17,19,21,23,25-27H2,1H3,(H,48,49)(H2,42,43,44)(H2,45,46,47);1H2;9*1H/t28-,31?,32+,33-,34?,35+,36?;;;;;;;;;;/m1........../s1. The number of aliphatic hydroxyl groups is 3. The lowest BCUT2D eigenvalue weighted by Gasteiger charge is -2.44. The largest absolute Gasteiger partial charge is 0.472 e. The third kappa shape index (κ3) is 27.0. The number of phosphoric ester groups is 3. The fraction of sp³-hybridized carbons (Fsp3) is 0.667. The number of terminal acetylenes is 1. The van der Waals surface area contributed by atoms with Crippen LogP contribution in [0.15, 0.2) is 0 Å². The van der Waals surface area contributed by atoms with E-state index in [4.69, 9.17) is 34.7 Å². The molecule has 8 atom stereocenters. The van der Waals surface area contributed by atoms with Gasteiger partial charge in [0.25, 0.3) is 0 Å². The lowest BCUT2D eigenvalue weighted by atomic mass is 9.85. The predicted octanol–water partition coefficient (Wildman–Crippen LogP) is 4.45. The van der Waals surface area contributed by atoms with Gasteiger partial charge in [0.15, 0.2) is 6.10 Å². The van der Waals surface area contributed by atoms with Crippen LogP contribution in [0, 0.1) is 59.7 Å². The van der Waals surface area contributed by atoms with E-state index in [9.17, 15) is 53.3 Å². The van der Waals surface area contributed by atoms with Crippen LogP contribution < -0.4 is 0 Å². The highest BCUT2D eigenvalue weighted by Gasteiger charge is 2.56. The first-order valence-electron chi connectivity index (χ1n) is 18.3. The Morgan fingerprint density at radius 1 is 0.627 bits per heavy atom. The summed E-state index contributed by atoms with van der Waals surface area (Å²) in [6.07, 6.45) is 2.00. The van der Waals surface area contributed by atoms with Gasteiger partial charge in [-0.1, -0.05) is 84.0 Å². The molecule has 59 heavy (non-hydrogen) atoms. The zero-order valence-corrected chi connectivity index (χ0v) is 36.0. The van der Waals surface area contributed by atoms with Gasteiger partial charge in [-0.15, -0.1) is 6.42 Å². The highest BCUT2D eigenvalue weighted by Crippen LogP contribution is 2.51. The number of hydrogen-bond acceptors (Lipinski definition) is 14. The van der Waals surface area contributed by atoms with Gasteiger partial charge in [-0.05, 0) is 53.8 Å². The number of phosphoric acid groups is 3. The van der Waals surface area contributed by atoms with Crippen LogP contribution in [0.3, 0.4) is 0 Å². The van der Waals surface area contributed by atoms with E-state index < -0.39 is 91.3 Å². The topological polar surface area (TPSA) is 303 Å². The van der Waals surface area contributed by atoms with Crippen molar-refractivity contribution in [1.82, 2.24) is 0 Å². The van der Waals surface area contributed by atoms with Gasteiger partial charge in [-0.2, -0.15) is 13.5 Å². The maximum atomic E-state index is 12.9. The molecule has 1 rings (SSSR count). The Labute approximate surface area is 364 Å². The van der Waals surface area contributed by atoms with Crippen LogP contribution >= 0.6 is 37.0 Å². The second-order valence-corrected chi connectivity index (χ2v) is 16.6. The molecule has 0 amide bonds. The molecule has 0 aromatic heterocycles. The third-order valence-corrected chi connectivity index (χ3v) is 10.0. The fourth-order valence-corrected chi connectivity index (χ4v) is 7.44. The molecule has 1 aliphatic carbocycles. The van der Waals surface area contributed by atoms with E-state index in [1.54, 1.807) is 0 Å². The number of rotatable bonds is 26. The summed E-state index contributed by atoms with van der Waals surface area (Å²) in [6.45, 7) is 0.379. The van der Waals surface area contributed by atoms with Crippen LogP contribution in [0.5, 0.6) is 0 Å². The minimum Gasteiger partial charge on any atom is -0.456 e. The van der Waals surface area contributed by atoms with Gasteiger partial charge >= 0.3 is 35.4 Å². The Hall–Kier alpha value is -2.70. The second-order valence-electron chi connectivity index (χ2n) is 12.8. The minimum absolute atomic E-state index is 0. The van der Waals surface area contributed by atoms with Crippen LogP contribution in [0.25, 0.3) is 0 Å². The second kappa shape index (κ2) is 30.3. The smallest absolute Gasteiger partial charge is 0.456 e. The normalized spacial score (nSPS) is 21.4. The first-order valence-corrected chi connectivity index (χ1v) is 22.9. The van der Waals surface area contributed by atoms with Crippen molar-refractivity contribution in [2.45, 2.75) is 140 Å². The predicted molar refractivity (Wildman–Crippen MR) is 233 cm³/mol. The van der Waals surface area contributed by atoms with Crippen molar-refractivity contribution in [2.24, 2.45) is 0 Å². The molecule has 4 unspecified atom stereocenters. The summed E-state index contributed by atoms with van der Waals surface area (Å²) < 4.78 is 64.3. The summed E-state index contributed by atoms with van der Waals surface area (Å²) in [5, 5.41) is 31.6. The molecule has 0 heterocycles.